The van der Waals surface area contributed by atoms with Crippen molar-refractivity contribution in [1.29, 1.82) is 0 Å². The van der Waals surface area contributed by atoms with E-state index in [0.29, 0.717) is 12.2 Å². The van der Waals surface area contributed by atoms with Crippen LogP contribution < -0.4 is 10.6 Å². The number of aromatic amines is 1. The van der Waals surface area contributed by atoms with Gasteiger partial charge in [0.1, 0.15) is 17.5 Å². The van der Waals surface area contributed by atoms with Gasteiger partial charge < -0.3 is 15.6 Å². The van der Waals surface area contributed by atoms with Crippen LogP contribution >= 0.6 is 0 Å². The zero-order valence-corrected chi connectivity index (χ0v) is 15.3. The van der Waals surface area contributed by atoms with E-state index in [1.54, 1.807) is 0 Å². The smallest absolute Gasteiger partial charge is 0.319 e. The summed E-state index contributed by atoms with van der Waals surface area (Å²) in [5, 5.41) is 5.25. The van der Waals surface area contributed by atoms with Crippen molar-refractivity contribution in [1.82, 2.24) is 15.3 Å². The highest BCUT2D eigenvalue weighted by Gasteiger charge is 2.20. The number of amides is 2. The minimum absolute atomic E-state index is 0.105. The van der Waals surface area contributed by atoms with Gasteiger partial charge in [0.15, 0.2) is 0 Å². The number of nitrogens with zero attached hydrogens (tertiary/aromatic N) is 1. The van der Waals surface area contributed by atoms with Gasteiger partial charge in [-0.1, -0.05) is 42.5 Å². The van der Waals surface area contributed by atoms with Crippen LogP contribution in [0.3, 0.4) is 0 Å². The molecule has 0 bridgehead atoms. The number of hydrogen-bond acceptors (Lipinski definition) is 2. The van der Waals surface area contributed by atoms with Crippen molar-refractivity contribution >= 4 is 22.8 Å². The van der Waals surface area contributed by atoms with Gasteiger partial charge in [0, 0.05) is 6.07 Å². The van der Waals surface area contributed by atoms with E-state index in [2.05, 4.69) is 20.6 Å². The number of rotatable bonds is 5. The molecule has 0 radical (unpaired) electrons. The molecule has 2 amide bonds. The summed E-state index contributed by atoms with van der Waals surface area (Å²) in [5.74, 6) is -0.967. The molecule has 146 valence electrons. The zero-order chi connectivity index (χ0) is 20.2. The highest BCUT2D eigenvalue weighted by molar-refractivity contribution is 5.89. The number of halogens is 2. The molecule has 1 heterocycles. The molecule has 1 aromatic heterocycles. The van der Waals surface area contributed by atoms with Gasteiger partial charge in [0.2, 0.25) is 0 Å². The summed E-state index contributed by atoms with van der Waals surface area (Å²) in [7, 11) is 0. The van der Waals surface area contributed by atoms with E-state index in [-0.39, 0.29) is 5.69 Å². The number of nitrogens with one attached hydrogen (secondary N) is 3. The number of carbonyl (C=O) groups is 1. The molecule has 1 atom stereocenters. The molecule has 0 aliphatic heterocycles. The van der Waals surface area contributed by atoms with Crippen LogP contribution in [-0.2, 0) is 6.42 Å². The number of fused-ring (bicyclic) bond motifs is 1. The second kappa shape index (κ2) is 8.10. The third-order valence-corrected chi connectivity index (χ3v) is 4.51. The maximum atomic E-state index is 13.9. The lowest BCUT2D eigenvalue weighted by Gasteiger charge is -2.18. The van der Waals surface area contributed by atoms with Crippen LogP contribution in [0.5, 0.6) is 0 Å². The maximum Gasteiger partial charge on any atom is 0.319 e. The number of hydrogen-bond donors (Lipinski definition) is 3. The second-order valence-corrected chi connectivity index (χ2v) is 6.60. The van der Waals surface area contributed by atoms with Crippen molar-refractivity contribution in [2.75, 3.05) is 5.32 Å². The van der Waals surface area contributed by atoms with Gasteiger partial charge in [-0.05, 0) is 36.2 Å². The van der Waals surface area contributed by atoms with E-state index >= 15 is 0 Å². The molecule has 4 rings (SSSR count). The number of benzene rings is 3. The molecule has 0 fully saturated rings. The molecular formula is C22H18F2N4O. The lowest BCUT2D eigenvalue weighted by atomic mass is 10.1. The van der Waals surface area contributed by atoms with E-state index in [1.807, 2.05) is 54.6 Å². The molecule has 3 aromatic carbocycles. The lowest BCUT2D eigenvalue weighted by Crippen LogP contribution is -2.34. The van der Waals surface area contributed by atoms with Crippen LogP contribution in [0.15, 0.2) is 72.8 Å². The maximum absolute atomic E-state index is 13.9. The van der Waals surface area contributed by atoms with Crippen LogP contribution in [0.2, 0.25) is 0 Å². The van der Waals surface area contributed by atoms with Crippen LogP contribution in [0.4, 0.5) is 19.3 Å². The molecule has 29 heavy (non-hydrogen) atoms. The molecule has 0 spiro atoms. The molecule has 0 saturated heterocycles. The minimum atomic E-state index is -0.844. The molecule has 1 unspecified atom stereocenters. The minimum Gasteiger partial charge on any atom is -0.340 e. The highest BCUT2D eigenvalue weighted by atomic mass is 19.1. The van der Waals surface area contributed by atoms with Gasteiger partial charge in [0.25, 0.3) is 0 Å². The Morgan fingerprint density at radius 2 is 1.76 bits per heavy atom. The number of carbonyl (C=O) groups excluding carboxylic acids is 1. The largest absolute Gasteiger partial charge is 0.340 e. The number of para-hydroxylation sites is 2. The van der Waals surface area contributed by atoms with E-state index in [9.17, 15) is 13.6 Å². The van der Waals surface area contributed by atoms with Crippen molar-refractivity contribution in [3.63, 3.8) is 0 Å². The first kappa shape index (κ1) is 18.6. The number of anilines is 1. The molecule has 4 aromatic rings. The van der Waals surface area contributed by atoms with Gasteiger partial charge in [-0.3, -0.25) is 0 Å². The van der Waals surface area contributed by atoms with Crippen molar-refractivity contribution in [3.05, 3.63) is 95.8 Å². The third-order valence-electron chi connectivity index (χ3n) is 4.51. The zero-order valence-electron chi connectivity index (χ0n) is 15.3. The fourth-order valence-corrected chi connectivity index (χ4v) is 3.11. The van der Waals surface area contributed by atoms with Crippen molar-refractivity contribution < 1.29 is 13.6 Å². The standard InChI is InChI=1S/C22H18F2N4O/c23-15-10-11-17(16(24)13-15)27-22(29)28-20(12-14-6-2-1-3-7-14)21-25-18-8-4-5-9-19(18)26-21/h1-11,13,20H,12H2,(H,25,26)(H2,27,28,29). The Balaban J connectivity index is 1.58. The first-order valence-electron chi connectivity index (χ1n) is 9.09. The molecule has 7 heteroatoms. The van der Waals surface area contributed by atoms with Gasteiger partial charge >= 0.3 is 6.03 Å². The summed E-state index contributed by atoms with van der Waals surface area (Å²) < 4.78 is 26.9. The Hall–Kier alpha value is -3.74. The van der Waals surface area contributed by atoms with Crippen molar-refractivity contribution in [3.8, 4) is 0 Å². The number of H-pyrrole nitrogens is 1. The fraction of sp³-hybridized carbons (Fsp3) is 0.0909. The molecule has 3 N–H and O–H groups in total. The Bertz CT molecular complexity index is 1110. The molecule has 0 aliphatic carbocycles. The Labute approximate surface area is 165 Å². The Morgan fingerprint density at radius 3 is 2.52 bits per heavy atom. The van der Waals surface area contributed by atoms with Gasteiger partial charge in [0.05, 0.1) is 22.8 Å². The molecule has 0 saturated carbocycles. The van der Waals surface area contributed by atoms with Gasteiger partial charge in [-0.2, -0.15) is 0 Å². The van der Waals surface area contributed by atoms with Crippen LogP contribution in [0, 0.1) is 11.6 Å². The summed E-state index contributed by atoms with van der Waals surface area (Å²) >= 11 is 0. The predicted molar refractivity (Wildman–Crippen MR) is 107 cm³/mol. The van der Waals surface area contributed by atoms with Gasteiger partial charge in [-0.15, -0.1) is 0 Å². The third kappa shape index (κ3) is 4.40. The average molecular weight is 392 g/mol. The highest BCUT2D eigenvalue weighted by Crippen LogP contribution is 2.21. The van der Waals surface area contributed by atoms with Crippen LogP contribution in [-0.4, -0.2) is 16.0 Å². The van der Waals surface area contributed by atoms with E-state index in [0.717, 1.165) is 28.7 Å². The fourth-order valence-electron chi connectivity index (χ4n) is 3.11. The second-order valence-electron chi connectivity index (χ2n) is 6.60. The summed E-state index contributed by atoms with van der Waals surface area (Å²) in [4.78, 5) is 20.3. The summed E-state index contributed by atoms with van der Waals surface area (Å²) in [5.41, 5.74) is 2.54. The van der Waals surface area contributed by atoms with E-state index < -0.39 is 23.7 Å². The number of urea groups is 1. The summed E-state index contributed by atoms with van der Waals surface area (Å²) in [6.45, 7) is 0. The number of aromatic nitrogens is 2. The van der Waals surface area contributed by atoms with Gasteiger partial charge in [-0.25, -0.2) is 18.6 Å². The first-order valence-corrected chi connectivity index (χ1v) is 9.09. The first-order chi connectivity index (χ1) is 14.1. The van der Waals surface area contributed by atoms with E-state index in [1.165, 1.54) is 6.07 Å². The van der Waals surface area contributed by atoms with Crippen LogP contribution in [0.25, 0.3) is 11.0 Å². The van der Waals surface area contributed by atoms with E-state index in [4.69, 9.17) is 0 Å². The SMILES string of the molecule is O=C(Nc1ccc(F)cc1F)NC(Cc1ccccc1)c1nc2ccccc2[nH]1. The topological polar surface area (TPSA) is 69.8 Å². The number of imidazole rings is 1. The average Bonchev–Trinajstić information content (AvgIpc) is 3.15. The normalized spacial score (nSPS) is 11.9. The van der Waals surface area contributed by atoms with Crippen LogP contribution in [0.1, 0.15) is 17.4 Å². The Morgan fingerprint density at radius 1 is 1.00 bits per heavy atom. The van der Waals surface area contributed by atoms with Crippen molar-refractivity contribution in [2.45, 2.75) is 12.5 Å². The lowest BCUT2D eigenvalue weighted by molar-refractivity contribution is 0.248. The molecular weight excluding hydrogens is 374 g/mol. The summed E-state index contributed by atoms with van der Waals surface area (Å²) in [6, 6.07) is 19.1. The summed E-state index contributed by atoms with van der Waals surface area (Å²) in [6.07, 6.45) is 0.486. The predicted octanol–water partition coefficient (Wildman–Crippen LogP) is 4.95. The quantitative estimate of drug-likeness (QED) is 0.450. The molecule has 5 nitrogen and oxygen atoms in total. The van der Waals surface area contributed by atoms with Crippen molar-refractivity contribution in [2.24, 2.45) is 0 Å². The monoisotopic (exact) mass is 392 g/mol. The molecule has 0 aliphatic rings. The Kier molecular flexibility index (Phi) is 5.20.